The van der Waals surface area contributed by atoms with Crippen LogP contribution in [0.5, 0.6) is 0 Å². The van der Waals surface area contributed by atoms with E-state index in [0.717, 1.165) is 11.8 Å². The van der Waals surface area contributed by atoms with Crippen molar-refractivity contribution >= 4 is 12.2 Å². The first kappa shape index (κ1) is 9.32. The number of aliphatic hydroxyl groups is 1. The predicted octanol–water partition coefficient (Wildman–Crippen LogP) is 1.94. The monoisotopic (exact) mass is 177 g/mol. The highest BCUT2D eigenvalue weighted by Crippen LogP contribution is 2.07. The Bertz CT molecular complexity index is 388. The van der Waals surface area contributed by atoms with E-state index in [1.54, 1.807) is 6.07 Å². The summed E-state index contributed by atoms with van der Waals surface area (Å²) in [6.07, 6.45) is 6.06. The lowest BCUT2D eigenvalue weighted by atomic mass is 10.2. The van der Waals surface area contributed by atoms with Crippen LogP contribution in [0.15, 0.2) is 29.3 Å². The maximum atomic E-state index is 10.9. The zero-order chi connectivity index (χ0) is 9.68. The maximum absolute atomic E-state index is 10.9. The standard InChI is InChI=1S/C10H11NO2/c1-2-3-8-4-5-10(13)11-9(8)6-7-12/h2-7,12H,1H3,(H,11,13)/b3-2-,7-6+. The molecule has 0 aliphatic carbocycles. The number of rotatable bonds is 2. The zero-order valence-electron chi connectivity index (χ0n) is 7.32. The van der Waals surface area contributed by atoms with Crippen molar-refractivity contribution in [2.75, 3.05) is 0 Å². The van der Waals surface area contributed by atoms with Gasteiger partial charge in [-0.2, -0.15) is 0 Å². The van der Waals surface area contributed by atoms with Crippen LogP contribution in [0.2, 0.25) is 0 Å². The number of H-pyrrole nitrogens is 1. The topological polar surface area (TPSA) is 53.1 Å². The highest BCUT2D eigenvalue weighted by atomic mass is 16.2. The lowest BCUT2D eigenvalue weighted by molar-refractivity contribution is 0.478. The molecular formula is C10H11NO2. The average Bonchev–Trinajstić information content (AvgIpc) is 2.10. The Kier molecular flexibility index (Phi) is 3.09. The highest BCUT2D eigenvalue weighted by molar-refractivity contribution is 5.61. The Morgan fingerprint density at radius 1 is 1.38 bits per heavy atom. The van der Waals surface area contributed by atoms with E-state index in [9.17, 15) is 4.79 Å². The molecule has 0 aliphatic rings. The molecule has 1 aromatic rings. The summed E-state index contributed by atoms with van der Waals surface area (Å²) in [5.41, 5.74) is 1.29. The quantitative estimate of drug-likeness (QED) is 0.678. The van der Waals surface area contributed by atoms with Gasteiger partial charge in [0.1, 0.15) is 0 Å². The van der Waals surface area contributed by atoms with E-state index in [1.807, 2.05) is 19.1 Å². The number of allylic oxidation sites excluding steroid dienone is 1. The van der Waals surface area contributed by atoms with E-state index < -0.39 is 0 Å². The summed E-state index contributed by atoms with van der Waals surface area (Å²) >= 11 is 0. The second-order valence-corrected chi connectivity index (χ2v) is 2.51. The fourth-order valence-corrected chi connectivity index (χ4v) is 1.04. The minimum absolute atomic E-state index is 0.179. The fraction of sp³-hybridized carbons (Fsp3) is 0.100. The van der Waals surface area contributed by atoms with Crippen molar-refractivity contribution in [2.24, 2.45) is 0 Å². The minimum Gasteiger partial charge on any atom is -0.516 e. The molecule has 1 aromatic heterocycles. The van der Waals surface area contributed by atoms with Crippen molar-refractivity contribution in [3.05, 3.63) is 46.1 Å². The Balaban J connectivity index is 3.26. The number of hydrogen-bond acceptors (Lipinski definition) is 2. The van der Waals surface area contributed by atoms with Crippen LogP contribution >= 0.6 is 0 Å². The molecule has 3 nitrogen and oxygen atoms in total. The van der Waals surface area contributed by atoms with E-state index in [0.29, 0.717) is 5.69 Å². The lowest BCUT2D eigenvalue weighted by Crippen LogP contribution is -2.05. The van der Waals surface area contributed by atoms with Crippen LogP contribution in [0.4, 0.5) is 0 Å². The molecule has 0 amide bonds. The summed E-state index contributed by atoms with van der Waals surface area (Å²) in [5.74, 6) is 0. The van der Waals surface area contributed by atoms with E-state index >= 15 is 0 Å². The van der Waals surface area contributed by atoms with Crippen molar-refractivity contribution in [1.82, 2.24) is 4.98 Å². The maximum Gasteiger partial charge on any atom is 0.248 e. The predicted molar refractivity (Wildman–Crippen MR) is 53.4 cm³/mol. The molecule has 1 heterocycles. The molecule has 68 valence electrons. The highest BCUT2D eigenvalue weighted by Gasteiger charge is 1.95. The van der Waals surface area contributed by atoms with Gasteiger partial charge in [0.25, 0.3) is 0 Å². The first-order chi connectivity index (χ1) is 6.27. The minimum atomic E-state index is -0.179. The SMILES string of the molecule is C/C=C\c1ccc(=O)[nH]c1/C=C/O. The second-order valence-electron chi connectivity index (χ2n) is 2.51. The third kappa shape index (κ3) is 2.33. The van der Waals surface area contributed by atoms with Gasteiger partial charge in [0.15, 0.2) is 0 Å². The summed E-state index contributed by atoms with van der Waals surface area (Å²) in [6.45, 7) is 1.89. The Morgan fingerprint density at radius 3 is 2.77 bits per heavy atom. The van der Waals surface area contributed by atoms with Crippen molar-refractivity contribution < 1.29 is 5.11 Å². The van der Waals surface area contributed by atoms with Crippen LogP contribution in [0.25, 0.3) is 12.2 Å². The van der Waals surface area contributed by atoms with Gasteiger partial charge in [-0.15, -0.1) is 0 Å². The molecule has 0 radical (unpaired) electrons. The van der Waals surface area contributed by atoms with Gasteiger partial charge in [-0.05, 0) is 24.6 Å². The fourth-order valence-electron chi connectivity index (χ4n) is 1.04. The molecule has 0 atom stereocenters. The van der Waals surface area contributed by atoms with Crippen molar-refractivity contribution in [3.8, 4) is 0 Å². The third-order valence-corrected chi connectivity index (χ3v) is 1.57. The van der Waals surface area contributed by atoms with E-state index in [4.69, 9.17) is 5.11 Å². The number of aliphatic hydroxyl groups excluding tert-OH is 1. The Morgan fingerprint density at radius 2 is 2.15 bits per heavy atom. The van der Waals surface area contributed by atoms with E-state index in [2.05, 4.69) is 4.98 Å². The van der Waals surface area contributed by atoms with Crippen molar-refractivity contribution in [3.63, 3.8) is 0 Å². The van der Waals surface area contributed by atoms with E-state index in [-0.39, 0.29) is 5.56 Å². The Labute approximate surface area is 76.1 Å². The van der Waals surface area contributed by atoms with E-state index in [1.165, 1.54) is 12.1 Å². The number of aromatic nitrogens is 1. The molecule has 0 aliphatic heterocycles. The van der Waals surface area contributed by atoms with Gasteiger partial charge < -0.3 is 10.1 Å². The average molecular weight is 177 g/mol. The van der Waals surface area contributed by atoms with Crippen LogP contribution in [0, 0.1) is 0 Å². The van der Waals surface area contributed by atoms with Crippen LogP contribution in [-0.2, 0) is 0 Å². The summed E-state index contributed by atoms with van der Waals surface area (Å²) < 4.78 is 0. The number of hydrogen-bond donors (Lipinski definition) is 2. The Hall–Kier alpha value is -1.77. The van der Waals surface area contributed by atoms with Crippen LogP contribution < -0.4 is 5.56 Å². The van der Waals surface area contributed by atoms with Gasteiger partial charge in [-0.25, -0.2) is 0 Å². The summed E-state index contributed by atoms with van der Waals surface area (Å²) in [5, 5.41) is 8.58. The normalized spacial score (nSPS) is 11.5. The zero-order valence-corrected chi connectivity index (χ0v) is 7.32. The lowest BCUT2D eigenvalue weighted by Gasteiger charge is -1.98. The van der Waals surface area contributed by atoms with Crippen LogP contribution in [0.1, 0.15) is 18.2 Å². The van der Waals surface area contributed by atoms with Gasteiger partial charge in [-0.1, -0.05) is 12.2 Å². The molecule has 0 aromatic carbocycles. The number of pyridine rings is 1. The van der Waals surface area contributed by atoms with Gasteiger partial charge in [0.2, 0.25) is 5.56 Å². The summed E-state index contributed by atoms with van der Waals surface area (Å²) in [4.78, 5) is 13.5. The third-order valence-electron chi connectivity index (χ3n) is 1.57. The van der Waals surface area contributed by atoms with Gasteiger partial charge in [-0.3, -0.25) is 4.79 Å². The summed E-state index contributed by atoms with van der Waals surface area (Å²) in [7, 11) is 0. The molecule has 13 heavy (non-hydrogen) atoms. The molecule has 3 heteroatoms. The first-order valence-electron chi connectivity index (χ1n) is 3.94. The number of aromatic amines is 1. The van der Waals surface area contributed by atoms with Crippen molar-refractivity contribution in [1.29, 1.82) is 0 Å². The number of nitrogens with one attached hydrogen (secondary N) is 1. The second kappa shape index (κ2) is 4.30. The van der Waals surface area contributed by atoms with Crippen LogP contribution in [0.3, 0.4) is 0 Å². The molecule has 0 saturated carbocycles. The van der Waals surface area contributed by atoms with Gasteiger partial charge >= 0.3 is 0 Å². The first-order valence-corrected chi connectivity index (χ1v) is 3.94. The largest absolute Gasteiger partial charge is 0.516 e. The van der Waals surface area contributed by atoms with Gasteiger partial charge in [0.05, 0.1) is 12.0 Å². The molecule has 0 spiro atoms. The van der Waals surface area contributed by atoms with Crippen molar-refractivity contribution in [2.45, 2.75) is 6.92 Å². The smallest absolute Gasteiger partial charge is 0.248 e. The molecule has 1 rings (SSSR count). The molecule has 0 unspecified atom stereocenters. The molecule has 2 N–H and O–H groups in total. The summed E-state index contributed by atoms with van der Waals surface area (Å²) in [6, 6.07) is 3.15. The molecule has 0 saturated heterocycles. The molecule has 0 fully saturated rings. The van der Waals surface area contributed by atoms with Crippen LogP contribution in [-0.4, -0.2) is 10.1 Å². The van der Waals surface area contributed by atoms with Gasteiger partial charge in [0, 0.05) is 6.07 Å². The molecule has 0 bridgehead atoms. The molecular weight excluding hydrogens is 166 g/mol.